The van der Waals surface area contributed by atoms with Gasteiger partial charge in [0.2, 0.25) is 0 Å². The van der Waals surface area contributed by atoms with Crippen LogP contribution in [0.1, 0.15) is 17.3 Å². The standard InChI is InChI=1S/C13H14N2/c1-3-12(14)10-6-7-13-11(8-10)5-4-9(2)15-13/h3-8,12H,1,14H2,2H3. The van der Waals surface area contributed by atoms with Crippen molar-refractivity contribution in [3.63, 3.8) is 0 Å². The zero-order chi connectivity index (χ0) is 10.8. The summed E-state index contributed by atoms with van der Waals surface area (Å²) in [5, 5.41) is 1.12. The molecule has 15 heavy (non-hydrogen) atoms. The summed E-state index contributed by atoms with van der Waals surface area (Å²) in [5.74, 6) is 0. The number of benzene rings is 1. The zero-order valence-corrected chi connectivity index (χ0v) is 8.77. The minimum absolute atomic E-state index is 0.101. The number of aromatic nitrogens is 1. The van der Waals surface area contributed by atoms with Crippen molar-refractivity contribution >= 4 is 10.9 Å². The molecule has 2 heteroatoms. The molecule has 1 atom stereocenters. The van der Waals surface area contributed by atoms with E-state index in [9.17, 15) is 0 Å². The van der Waals surface area contributed by atoms with Gasteiger partial charge in [-0.25, -0.2) is 0 Å². The van der Waals surface area contributed by atoms with E-state index in [0.717, 1.165) is 22.2 Å². The third-order valence-electron chi connectivity index (χ3n) is 2.49. The van der Waals surface area contributed by atoms with Crippen LogP contribution in [0.3, 0.4) is 0 Å². The van der Waals surface area contributed by atoms with Crippen LogP contribution in [0.4, 0.5) is 0 Å². The molecule has 1 unspecified atom stereocenters. The Hall–Kier alpha value is -1.67. The van der Waals surface area contributed by atoms with Gasteiger partial charge >= 0.3 is 0 Å². The van der Waals surface area contributed by atoms with Crippen molar-refractivity contribution in [2.75, 3.05) is 0 Å². The molecule has 0 fully saturated rings. The van der Waals surface area contributed by atoms with Gasteiger partial charge in [-0.15, -0.1) is 6.58 Å². The van der Waals surface area contributed by atoms with Crippen LogP contribution < -0.4 is 5.73 Å². The van der Waals surface area contributed by atoms with E-state index in [1.807, 2.05) is 25.1 Å². The molecule has 2 rings (SSSR count). The first-order chi connectivity index (χ1) is 7.20. The van der Waals surface area contributed by atoms with Gasteiger partial charge in [0.1, 0.15) is 0 Å². The second-order valence-electron chi connectivity index (χ2n) is 3.67. The number of nitrogens with zero attached hydrogens (tertiary/aromatic N) is 1. The highest BCUT2D eigenvalue weighted by atomic mass is 14.7. The summed E-state index contributed by atoms with van der Waals surface area (Å²) in [6.45, 7) is 5.68. The lowest BCUT2D eigenvalue weighted by molar-refractivity contribution is 0.916. The third kappa shape index (κ3) is 1.90. The molecule has 2 aromatic rings. The molecular weight excluding hydrogens is 184 g/mol. The quantitative estimate of drug-likeness (QED) is 0.753. The van der Waals surface area contributed by atoms with Crippen LogP contribution in [0.5, 0.6) is 0 Å². The number of aryl methyl sites for hydroxylation is 1. The summed E-state index contributed by atoms with van der Waals surface area (Å²) < 4.78 is 0. The summed E-state index contributed by atoms with van der Waals surface area (Å²) in [4.78, 5) is 4.44. The Balaban J connectivity index is 2.56. The van der Waals surface area contributed by atoms with Crippen molar-refractivity contribution in [1.82, 2.24) is 4.98 Å². The normalized spacial score (nSPS) is 12.7. The Labute approximate surface area is 89.4 Å². The van der Waals surface area contributed by atoms with Crippen molar-refractivity contribution in [1.29, 1.82) is 0 Å². The number of hydrogen-bond donors (Lipinski definition) is 1. The lowest BCUT2D eigenvalue weighted by Gasteiger charge is -2.07. The van der Waals surface area contributed by atoms with Gasteiger partial charge in [0.25, 0.3) is 0 Å². The van der Waals surface area contributed by atoms with Gasteiger partial charge in [-0.3, -0.25) is 4.98 Å². The second kappa shape index (κ2) is 3.83. The number of hydrogen-bond acceptors (Lipinski definition) is 2. The minimum Gasteiger partial charge on any atom is -0.321 e. The maximum Gasteiger partial charge on any atom is 0.0705 e. The van der Waals surface area contributed by atoms with Crippen LogP contribution >= 0.6 is 0 Å². The van der Waals surface area contributed by atoms with Crippen molar-refractivity contribution in [3.05, 3.63) is 54.2 Å². The van der Waals surface area contributed by atoms with Crippen LogP contribution in [-0.2, 0) is 0 Å². The van der Waals surface area contributed by atoms with Crippen LogP contribution in [0.25, 0.3) is 10.9 Å². The van der Waals surface area contributed by atoms with E-state index in [0.29, 0.717) is 0 Å². The van der Waals surface area contributed by atoms with E-state index in [4.69, 9.17) is 5.73 Å². The first kappa shape index (κ1) is 9.87. The van der Waals surface area contributed by atoms with Crippen molar-refractivity contribution < 1.29 is 0 Å². The average molecular weight is 198 g/mol. The number of fused-ring (bicyclic) bond motifs is 1. The van der Waals surface area contributed by atoms with E-state index >= 15 is 0 Å². The highest BCUT2D eigenvalue weighted by Crippen LogP contribution is 2.18. The largest absolute Gasteiger partial charge is 0.321 e. The van der Waals surface area contributed by atoms with Crippen molar-refractivity contribution in [2.45, 2.75) is 13.0 Å². The van der Waals surface area contributed by atoms with E-state index in [1.165, 1.54) is 0 Å². The molecule has 0 saturated carbocycles. The van der Waals surface area contributed by atoms with Gasteiger partial charge in [0.05, 0.1) is 5.52 Å². The zero-order valence-electron chi connectivity index (χ0n) is 8.77. The van der Waals surface area contributed by atoms with E-state index in [2.05, 4.69) is 23.7 Å². The van der Waals surface area contributed by atoms with Crippen LogP contribution in [0.2, 0.25) is 0 Å². The molecule has 0 aliphatic carbocycles. The maximum atomic E-state index is 5.88. The van der Waals surface area contributed by atoms with Crippen LogP contribution in [0.15, 0.2) is 43.0 Å². The van der Waals surface area contributed by atoms with E-state index in [-0.39, 0.29) is 6.04 Å². The minimum atomic E-state index is -0.101. The molecule has 0 amide bonds. The molecule has 2 nitrogen and oxygen atoms in total. The molecule has 0 aliphatic rings. The van der Waals surface area contributed by atoms with Gasteiger partial charge in [-0.1, -0.05) is 18.2 Å². The third-order valence-corrected chi connectivity index (χ3v) is 2.49. The molecule has 0 bridgehead atoms. The SMILES string of the molecule is C=CC(N)c1ccc2nc(C)ccc2c1. The fourth-order valence-electron chi connectivity index (χ4n) is 1.59. The van der Waals surface area contributed by atoms with Gasteiger partial charge < -0.3 is 5.73 Å². The topological polar surface area (TPSA) is 38.9 Å². The van der Waals surface area contributed by atoms with Gasteiger partial charge in [-0.2, -0.15) is 0 Å². The average Bonchev–Trinajstić information content (AvgIpc) is 2.27. The van der Waals surface area contributed by atoms with Gasteiger partial charge in [-0.05, 0) is 30.7 Å². The lowest BCUT2D eigenvalue weighted by Crippen LogP contribution is -2.06. The van der Waals surface area contributed by atoms with Gasteiger partial charge in [0, 0.05) is 17.1 Å². The molecule has 0 radical (unpaired) electrons. The Morgan fingerprint density at radius 2 is 2.13 bits per heavy atom. The fraction of sp³-hybridized carbons (Fsp3) is 0.154. The summed E-state index contributed by atoms with van der Waals surface area (Å²) in [6, 6.07) is 10.0. The molecule has 76 valence electrons. The van der Waals surface area contributed by atoms with Crippen LogP contribution in [-0.4, -0.2) is 4.98 Å². The van der Waals surface area contributed by atoms with E-state index < -0.39 is 0 Å². The Morgan fingerprint density at radius 3 is 2.87 bits per heavy atom. The Bertz CT molecular complexity index is 503. The van der Waals surface area contributed by atoms with Crippen LogP contribution in [0, 0.1) is 6.92 Å². The highest BCUT2D eigenvalue weighted by molar-refractivity contribution is 5.79. The highest BCUT2D eigenvalue weighted by Gasteiger charge is 2.02. The molecule has 1 heterocycles. The molecule has 1 aromatic heterocycles. The first-order valence-electron chi connectivity index (χ1n) is 4.96. The van der Waals surface area contributed by atoms with Crippen molar-refractivity contribution in [3.8, 4) is 0 Å². The Morgan fingerprint density at radius 1 is 1.33 bits per heavy atom. The first-order valence-corrected chi connectivity index (χ1v) is 4.96. The molecule has 0 spiro atoms. The molecule has 1 aromatic carbocycles. The number of rotatable bonds is 2. The summed E-state index contributed by atoms with van der Waals surface area (Å²) >= 11 is 0. The maximum absolute atomic E-state index is 5.88. The predicted molar refractivity (Wildman–Crippen MR) is 63.6 cm³/mol. The summed E-state index contributed by atoms with van der Waals surface area (Å²) in [5.41, 5.74) is 8.99. The number of nitrogens with two attached hydrogens (primary N) is 1. The van der Waals surface area contributed by atoms with Gasteiger partial charge in [0.15, 0.2) is 0 Å². The molecular formula is C13H14N2. The molecule has 2 N–H and O–H groups in total. The second-order valence-corrected chi connectivity index (χ2v) is 3.67. The predicted octanol–water partition coefficient (Wildman–Crippen LogP) is 2.73. The monoisotopic (exact) mass is 198 g/mol. The summed E-state index contributed by atoms with van der Waals surface area (Å²) in [6.07, 6.45) is 1.74. The molecule has 0 aliphatic heterocycles. The smallest absolute Gasteiger partial charge is 0.0705 e. The fourth-order valence-corrected chi connectivity index (χ4v) is 1.59. The summed E-state index contributed by atoms with van der Waals surface area (Å²) in [7, 11) is 0. The Kier molecular flexibility index (Phi) is 2.52. The lowest BCUT2D eigenvalue weighted by atomic mass is 10.0. The number of pyridine rings is 1. The van der Waals surface area contributed by atoms with E-state index in [1.54, 1.807) is 6.08 Å². The molecule has 0 saturated heterocycles. The van der Waals surface area contributed by atoms with Crippen molar-refractivity contribution in [2.24, 2.45) is 5.73 Å².